The fourth-order valence-corrected chi connectivity index (χ4v) is 4.35. The van der Waals surface area contributed by atoms with Gasteiger partial charge in [0.1, 0.15) is 17.3 Å². The summed E-state index contributed by atoms with van der Waals surface area (Å²) in [6.07, 6.45) is 2.33. The molecule has 0 amide bonds. The summed E-state index contributed by atoms with van der Waals surface area (Å²) in [6, 6.07) is 12.2. The molecule has 1 aliphatic carbocycles. The Morgan fingerprint density at radius 1 is 1.06 bits per heavy atom. The standard InChI is InChI=1S/C24H29BrN4O2/c1-26-24(17-4-5-17)27-21-8-6-19(25)14-18(21)16-28-10-12-29(13-11-28)22-15-20(30-2)7-9-23(22)31-3/h6-9,14-15,17H,1,4-5,10-13,16H2,2-3H3/b27-24-. The Morgan fingerprint density at radius 2 is 1.84 bits per heavy atom. The van der Waals surface area contributed by atoms with E-state index in [0.29, 0.717) is 5.92 Å². The van der Waals surface area contributed by atoms with Crippen LogP contribution in [-0.4, -0.2) is 57.9 Å². The Hall–Kier alpha value is -2.38. The minimum atomic E-state index is 0.482. The lowest BCUT2D eigenvalue weighted by Gasteiger charge is -2.37. The van der Waals surface area contributed by atoms with Crippen LogP contribution in [-0.2, 0) is 6.54 Å². The summed E-state index contributed by atoms with van der Waals surface area (Å²) in [6.45, 7) is 8.36. The lowest BCUT2D eigenvalue weighted by molar-refractivity contribution is 0.249. The van der Waals surface area contributed by atoms with Crippen molar-refractivity contribution in [1.29, 1.82) is 0 Å². The maximum atomic E-state index is 5.58. The van der Waals surface area contributed by atoms with Crippen LogP contribution >= 0.6 is 15.9 Å². The Balaban J connectivity index is 1.46. The average Bonchev–Trinajstić information content (AvgIpc) is 3.64. The summed E-state index contributed by atoms with van der Waals surface area (Å²) in [5.41, 5.74) is 3.29. The van der Waals surface area contributed by atoms with Crippen LogP contribution in [0.2, 0.25) is 0 Å². The highest BCUT2D eigenvalue weighted by molar-refractivity contribution is 9.10. The van der Waals surface area contributed by atoms with Crippen LogP contribution in [0.25, 0.3) is 0 Å². The fourth-order valence-electron chi connectivity index (χ4n) is 3.94. The smallest absolute Gasteiger partial charge is 0.142 e. The molecule has 0 radical (unpaired) electrons. The third-order valence-corrected chi connectivity index (χ3v) is 6.37. The molecule has 1 aliphatic heterocycles. The molecule has 2 aliphatic rings. The first-order valence-electron chi connectivity index (χ1n) is 10.6. The Bertz CT molecular complexity index is 966. The van der Waals surface area contributed by atoms with Crippen molar-refractivity contribution in [2.45, 2.75) is 19.4 Å². The molecule has 6 nitrogen and oxygen atoms in total. The maximum absolute atomic E-state index is 5.58. The average molecular weight is 485 g/mol. The molecule has 0 bridgehead atoms. The van der Waals surface area contributed by atoms with Crippen molar-refractivity contribution >= 4 is 39.9 Å². The van der Waals surface area contributed by atoms with Crippen LogP contribution < -0.4 is 14.4 Å². The van der Waals surface area contributed by atoms with Crippen molar-refractivity contribution in [2.75, 3.05) is 45.3 Å². The van der Waals surface area contributed by atoms with Crippen LogP contribution in [0, 0.1) is 5.92 Å². The van der Waals surface area contributed by atoms with E-state index in [9.17, 15) is 0 Å². The van der Waals surface area contributed by atoms with Crippen LogP contribution in [0.1, 0.15) is 18.4 Å². The zero-order valence-electron chi connectivity index (χ0n) is 18.2. The number of ether oxygens (including phenoxy) is 2. The van der Waals surface area contributed by atoms with Gasteiger partial charge in [-0.3, -0.25) is 4.90 Å². The lowest BCUT2D eigenvalue weighted by Crippen LogP contribution is -2.46. The first-order valence-corrected chi connectivity index (χ1v) is 11.4. The summed E-state index contributed by atoms with van der Waals surface area (Å²) in [5.74, 6) is 3.08. The van der Waals surface area contributed by atoms with Crippen LogP contribution in [0.15, 0.2) is 50.9 Å². The Morgan fingerprint density at radius 3 is 2.48 bits per heavy atom. The molecular formula is C24H29BrN4O2. The normalized spacial score (nSPS) is 17.5. The van der Waals surface area contributed by atoms with Gasteiger partial charge in [0.25, 0.3) is 0 Å². The zero-order valence-corrected chi connectivity index (χ0v) is 19.8. The predicted octanol–water partition coefficient (Wildman–Crippen LogP) is 4.93. The van der Waals surface area contributed by atoms with E-state index in [1.807, 2.05) is 18.2 Å². The molecule has 4 rings (SSSR count). The minimum absolute atomic E-state index is 0.482. The molecule has 7 heteroatoms. The molecule has 2 aromatic carbocycles. The largest absolute Gasteiger partial charge is 0.497 e. The van der Waals surface area contributed by atoms with Crippen molar-refractivity contribution in [1.82, 2.24) is 4.90 Å². The number of nitrogens with zero attached hydrogens (tertiary/aromatic N) is 4. The summed E-state index contributed by atoms with van der Waals surface area (Å²) in [4.78, 5) is 13.9. The molecule has 0 unspecified atom stereocenters. The van der Waals surface area contributed by atoms with E-state index in [0.717, 1.165) is 65.9 Å². The van der Waals surface area contributed by atoms with E-state index in [2.05, 4.69) is 55.6 Å². The lowest BCUT2D eigenvalue weighted by atomic mass is 10.1. The number of amidine groups is 1. The SMILES string of the molecule is C=N/C(=N\c1ccc(Br)cc1CN1CCN(c2cc(OC)ccc2OC)CC1)C1CC1. The number of piperazine rings is 1. The number of methoxy groups -OCH3 is 2. The van der Waals surface area contributed by atoms with Crippen molar-refractivity contribution in [3.63, 3.8) is 0 Å². The molecule has 0 atom stereocenters. The quantitative estimate of drug-likeness (QED) is 0.412. The number of hydrogen-bond acceptors (Lipinski definition) is 5. The molecule has 2 fully saturated rings. The molecule has 2 aromatic rings. The monoisotopic (exact) mass is 484 g/mol. The van der Waals surface area contributed by atoms with E-state index in [4.69, 9.17) is 14.5 Å². The molecule has 0 N–H and O–H groups in total. The summed E-state index contributed by atoms with van der Waals surface area (Å²) >= 11 is 3.62. The molecule has 1 heterocycles. The molecule has 0 spiro atoms. The van der Waals surface area contributed by atoms with Gasteiger partial charge in [-0.05, 0) is 55.5 Å². The van der Waals surface area contributed by atoms with E-state index < -0.39 is 0 Å². The number of halogens is 1. The zero-order chi connectivity index (χ0) is 21.8. The maximum Gasteiger partial charge on any atom is 0.142 e. The number of aliphatic imine (C=N–C) groups is 2. The number of hydrogen-bond donors (Lipinski definition) is 0. The number of anilines is 1. The first kappa shape index (κ1) is 21.8. The van der Waals surface area contributed by atoms with E-state index in [-0.39, 0.29) is 0 Å². The van der Waals surface area contributed by atoms with Crippen molar-refractivity contribution < 1.29 is 9.47 Å². The molecule has 1 saturated heterocycles. The van der Waals surface area contributed by atoms with Gasteiger partial charge in [0.2, 0.25) is 0 Å². The third kappa shape index (κ3) is 5.28. The van der Waals surface area contributed by atoms with Gasteiger partial charge >= 0.3 is 0 Å². The van der Waals surface area contributed by atoms with Gasteiger partial charge in [-0.2, -0.15) is 0 Å². The Labute approximate surface area is 192 Å². The van der Waals surface area contributed by atoms with Crippen molar-refractivity contribution in [3.05, 3.63) is 46.4 Å². The first-order chi connectivity index (χ1) is 15.1. The molecule has 1 saturated carbocycles. The topological polar surface area (TPSA) is 49.7 Å². The van der Waals surface area contributed by atoms with Gasteiger partial charge in [-0.25, -0.2) is 9.98 Å². The van der Waals surface area contributed by atoms with Gasteiger partial charge in [0.05, 0.1) is 25.6 Å². The van der Waals surface area contributed by atoms with E-state index >= 15 is 0 Å². The molecular weight excluding hydrogens is 456 g/mol. The van der Waals surface area contributed by atoms with Crippen molar-refractivity contribution in [3.8, 4) is 11.5 Å². The molecule has 31 heavy (non-hydrogen) atoms. The number of rotatable bonds is 7. The van der Waals surface area contributed by atoms with Crippen LogP contribution in [0.4, 0.5) is 11.4 Å². The van der Waals surface area contributed by atoms with E-state index in [1.165, 1.54) is 18.4 Å². The summed E-state index contributed by atoms with van der Waals surface area (Å²) < 4.78 is 12.1. The van der Waals surface area contributed by atoms with Gasteiger partial charge in [-0.1, -0.05) is 15.9 Å². The second-order valence-electron chi connectivity index (χ2n) is 7.98. The molecule has 0 aromatic heterocycles. The van der Waals surface area contributed by atoms with Gasteiger partial charge in [0.15, 0.2) is 0 Å². The highest BCUT2D eigenvalue weighted by Gasteiger charge is 2.27. The molecule has 164 valence electrons. The third-order valence-electron chi connectivity index (χ3n) is 5.87. The fraction of sp³-hybridized carbons (Fsp3) is 0.417. The van der Waals surface area contributed by atoms with Crippen LogP contribution in [0.3, 0.4) is 0 Å². The van der Waals surface area contributed by atoms with Crippen molar-refractivity contribution in [2.24, 2.45) is 15.9 Å². The summed E-state index contributed by atoms with van der Waals surface area (Å²) in [5, 5.41) is 0. The van der Waals surface area contributed by atoms with Crippen LogP contribution in [0.5, 0.6) is 11.5 Å². The summed E-state index contributed by atoms with van der Waals surface area (Å²) in [7, 11) is 3.41. The predicted molar refractivity (Wildman–Crippen MR) is 131 cm³/mol. The van der Waals surface area contributed by atoms with Gasteiger partial charge in [0, 0.05) is 49.2 Å². The second kappa shape index (κ2) is 9.83. The van der Waals surface area contributed by atoms with E-state index in [1.54, 1.807) is 14.2 Å². The Kier molecular flexibility index (Phi) is 6.92. The van der Waals surface area contributed by atoms with Gasteiger partial charge in [-0.15, -0.1) is 0 Å². The number of benzene rings is 2. The minimum Gasteiger partial charge on any atom is -0.497 e. The highest BCUT2D eigenvalue weighted by atomic mass is 79.9. The second-order valence-corrected chi connectivity index (χ2v) is 8.89. The van der Waals surface area contributed by atoms with Gasteiger partial charge < -0.3 is 14.4 Å². The highest BCUT2D eigenvalue weighted by Crippen LogP contribution is 2.35.